The van der Waals surface area contributed by atoms with Crippen LogP contribution in [0.2, 0.25) is 0 Å². The van der Waals surface area contributed by atoms with E-state index in [0.29, 0.717) is 23.1 Å². The molecule has 116 valence electrons. The van der Waals surface area contributed by atoms with Crippen molar-refractivity contribution in [3.63, 3.8) is 0 Å². The van der Waals surface area contributed by atoms with Gasteiger partial charge in [-0.15, -0.1) is 0 Å². The summed E-state index contributed by atoms with van der Waals surface area (Å²) in [7, 11) is 0. The van der Waals surface area contributed by atoms with Gasteiger partial charge in [0.2, 0.25) is 0 Å². The van der Waals surface area contributed by atoms with E-state index in [2.05, 4.69) is 9.97 Å². The molecule has 0 bridgehead atoms. The minimum Gasteiger partial charge on any atom is -0.363 e. The molecule has 3 rings (SSSR count). The smallest absolute Gasteiger partial charge is 0.284 e. The summed E-state index contributed by atoms with van der Waals surface area (Å²) in [5.74, 6) is -0.787. The minimum atomic E-state index is -0.657. The fourth-order valence-corrected chi connectivity index (χ4v) is 2.52. The van der Waals surface area contributed by atoms with Gasteiger partial charge in [-0.25, -0.2) is 4.98 Å². The summed E-state index contributed by atoms with van der Waals surface area (Å²) in [6.07, 6.45) is 0. The molecule has 3 aromatic rings. The summed E-state index contributed by atoms with van der Waals surface area (Å²) in [6, 6.07) is 14.6. The molecular weight excluding hydrogens is 292 g/mol. The Morgan fingerprint density at radius 3 is 2.52 bits per heavy atom. The number of H-pyrrole nitrogens is 1. The van der Waals surface area contributed by atoms with Crippen molar-refractivity contribution in [1.29, 1.82) is 0 Å². The van der Waals surface area contributed by atoms with Crippen molar-refractivity contribution in [2.75, 3.05) is 11.4 Å². The molecule has 3 N–H and O–H groups in total. The Morgan fingerprint density at radius 1 is 1.13 bits per heavy atom. The molecule has 2 aromatic carbocycles. The Balaban J connectivity index is 2.08. The molecule has 0 spiro atoms. The second kappa shape index (κ2) is 5.92. The number of carbonyl (C=O) groups is 2. The first-order valence-electron chi connectivity index (χ1n) is 7.27. The number of hydrogen-bond donors (Lipinski definition) is 2. The van der Waals surface area contributed by atoms with E-state index in [1.807, 2.05) is 37.3 Å². The summed E-state index contributed by atoms with van der Waals surface area (Å²) in [6.45, 7) is 2.43. The van der Waals surface area contributed by atoms with E-state index in [1.54, 1.807) is 23.1 Å². The van der Waals surface area contributed by atoms with Gasteiger partial charge in [-0.05, 0) is 31.2 Å². The number of fused-ring (bicyclic) bond motifs is 1. The minimum absolute atomic E-state index is 0.0445. The third kappa shape index (κ3) is 2.66. The van der Waals surface area contributed by atoms with Gasteiger partial charge < -0.3 is 15.6 Å². The molecule has 6 heteroatoms. The molecule has 0 unspecified atom stereocenters. The maximum absolute atomic E-state index is 12.9. The maximum Gasteiger partial charge on any atom is 0.284 e. The van der Waals surface area contributed by atoms with Crippen LogP contribution >= 0.6 is 0 Å². The fourth-order valence-electron chi connectivity index (χ4n) is 2.52. The number of rotatable bonds is 4. The van der Waals surface area contributed by atoms with Gasteiger partial charge in [-0.1, -0.05) is 24.3 Å². The second-order valence-corrected chi connectivity index (χ2v) is 5.04. The van der Waals surface area contributed by atoms with Crippen LogP contribution in [0.5, 0.6) is 0 Å². The van der Waals surface area contributed by atoms with Crippen LogP contribution in [0.15, 0.2) is 48.5 Å². The van der Waals surface area contributed by atoms with Gasteiger partial charge in [0.15, 0.2) is 5.82 Å². The van der Waals surface area contributed by atoms with Crippen molar-refractivity contribution in [3.8, 4) is 0 Å². The molecule has 0 atom stereocenters. The second-order valence-electron chi connectivity index (χ2n) is 5.04. The van der Waals surface area contributed by atoms with Crippen LogP contribution in [0.4, 0.5) is 5.69 Å². The third-order valence-corrected chi connectivity index (χ3v) is 3.61. The number of anilines is 1. The van der Waals surface area contributed by atoms with E-state index in [9.17, 15) is 9.59 Å². The number of aromatic amines is 1. The molecule has 1 aromatic heterocycles. The van der Waals surface area contributed by atoms with Crippen molar-refractivity contribution in [2.24, 2.45) is 5.73 Å². The number of imidazole rings is 1. The van der Waals surface area contributed by atoms with Crippen LogP contribution in [-0.4, -0.2) is 28.3 Å². The van der Waals surface area contributed by atoms with E-state index < -0.39 is 5.91 Å². The number of para-hydroxylation sites is 2. The lowest BCUT2D eigenvalue weighted by Gasteiger charge is -2.21. The van der Waals surface area contributed by atoms with Gasteiger partial charge in [0.1, 0.15) is 5.52 Å². The Morgan fingerprint density at radius 2 is 1.87 bits per heavy atom. The van der Waals surface area contributed by atoms with Crippen LogP contribution in [-0.2, 0) is 0 Å². The Bertz CT molecular complexity index is 871. The summed E-state index contributed by atoms with van der Waals surface area (Å²) in [4.78, 5) is 32.9. The maximum atomic E-state index is 12.9. The molecule has 0 fully saturated rings. The van der Waals surface area contributed by atoms with E-state index >= 15 is 0 Å². The van der Waals surface area contributed by atoms with E-state index in [-0.39, 0.29) is 11.7 Å². The Labute approximate surface area is 132 Å². The van der Waals surface area contributed by atoms with Crippen LogP contribution < -0.4 is 10.6 Å². The summed E-state index contributed by atoms with van der Waals surface area (Å²) < 4.78 is 0. The average Bonchev–Trinajstić information content (AvgIpc) is 3.01. The topological polar surface area (TPSA) is 92.1 Å². The number of primary amides is 1. The summed E-state index contributed by atoms with van der Waals surface area (Å²) in [5, 5.41) is 0. The predicted octanol–water partition coefficient (Wildman–Crippen LogP) is 2.33. The predicted molar refractivity (Wildman–Crippen MR) is 88.4 cm³/mol. The van der Waals surface area contributed by atoms with Crippen LogP contribution in [0.25, 0.3) is 11.0 Å². The molecule has 2 amide bonds. The normalized spacial score (nSPS) is 10.7. The number of amides is 2. The van der Waals surface area contributed by atoms with E-state index in [1.165, 1.54) is 0 Å². The lowest BCUT2D eigenvalue weighted by atomic mass is 10.1. The van der Waals surface area contributed by atoms with Crippen molar-refractivity contribution in [2.45, 2.75) is 6.92 Å². The van der Waals surface area contributed by atoms with Gasteiger partial charge >= 0.3 is 0 Å². The summed E-state index contributed by atoms with van der Waals surface area (Å²) in [5.41, 5.74) is 7.54. The van der Waals surface area contributed by atoms with Gasteiger partial charge in [0.25, 0.3) is 11.8 Å². The molecule has 0 aliphatic rings. The van der Waals surface area contributed by atoms with E-state index in [4.69, 9.17) is 5.73 Å². The highest BCUT2D eigenvalue weighted by molar-refractivity contribution is 6.13. The summed E-state index contributed by atoms with van der Waals surface area (Å²) >= 11 is 0. The molecule has 23 heavy (non-hydrogen) atoms. The van der Waals surface area contributed by atoms with Gasteiger partial charge in [-0.3, -0.25) is 9.59 Å². The fraction of sp³-hybridized carbons (Fsp3) is 0.118. The zero-order valence-electron chi connectivity index (χ0n) is 12.6. The van der Waals surface area contributed by atoms with Crippen molar-refractivity contribution in [1.82, 2.24) is 9.97 Å². The molecular formula is C17H16N4O2. The van der Waals surface area contributed by atoms with Gasteiger partial charge in [0.05, 0.1) is 11.1 Å². The Hall–Kier alpha value is -3.15. The van der Waals surface area contributed by atoms with Gasteiger partial charge in [0, 0.05) is 12.2 Å². The van der Waals surface area contributed by atoms with Crippen LogP contribution in [0, 0.1) is 0 Å². The number of nitrogens with one attached hydrogen (secondary N) is 1. The third-order valence-electron chi connectivity index (χ3n) is 3.61. The highest BCUT2D eigenvalue weighted by Gasteiger charge is 2.20. The van der Waals surface area contributed by atoms with Crippen molar-refractivity contribution in [3.05, 3.63) is 59.9 Å². The number of hydrogen-bond acceptors (Lipinski definition) is 3. The SMILES string of the molecule is CCN(C(=O)c1cccc2[nH]c(C(N)=O)nc12)c1ccccc1. The zero-order valence-corrected chi connectivity index (χ0v) is 12.6. The van der Waals surface area contributed by atoms with E-state index in [0.717, 1.165) is 5.69 Å². The molecule has 0 radical (unpaired) electrons. The molecule has 6 nitrogen and oxygen atoms in total. The number of aromatic nitrogens is 2. The van der Waals surface area contributed by atoms with Crippen molar-refractivity contribution < 1.29 is 9.59 Å². The monoisotopic (exact) mass is 308 g/mol. The largest absolute Gasteiger partial charge is 0.363 e. The Kier molecular flexibility index (Phi) is 3.80. The highest BCUT2D eigenvalue weighted by atomic mass is 16.2. The molecule has 0 saturated heterocycles. The van der Waals surface area contributed by atoms with Gasteiger partial charge in [-0.2, -0.15) is 0 Å². The van der Waals surface area contributed by atoms with Crippen molar-refractivity contribution >= 4 is 28.5 Å². The van der Waals surface area contributed by atoms with Crippen LogP contribution in [0.3, 0.4) is 0 Å². The molecule has 0 aliphatic carbocycles. The first-order chi connectivity index (χ1) is 11.1. The first kappa shape index (κ1) is 14.8. The number of nitrogens with two attached hydrogens (primary N) is 1. The van der Waals surface area contributed by atoms with Crippen LogP contribution in [0.1, 0.15) is 27.9 Å². The molecule has 0 aliphatic heterocycles. The number of carbonyl (C=O) groups excluding carboxylic acids is 2. The average molecular weight is 308 g/mol. The molecule has 0 saturated carbocycles. The first-order valence-corrected chi connectivity index (χ1v) is 7.27. The zero-order chi connectivity index (χ0) is 16.4. The molecule has 1 heterocycles. The number of benzene rings is 2. The lowest BCUT2D eigenvalue weighted by Crippen LogP contribution is -2.30. The quantitative estimate of drug-likeness (QED) is 0.774. The number of nitrogens with zero attached hydrogens (tertiary/aromatic N) is 2. The lowest BCUT2D eigenvalue weighted by molar-refractivity contribution is 0.0981. The standard InChI is InChI=1S/C17H16N4O2/c1-2-21(11-7-4-3-5-8-11)17(23)12-9-6-10-13-14(12)20-16(19-13)15(18)22/h3-10H,2H2,1H3,(H2,18,22)(H,19,20). The highest BCUT2D eigenvalue weighted by Crippen LogP contribution is 2.21.